The van der Waals surface area contributed by atoms with E-state index in [1.165, 1.54) is 33.9 Å². The molecule has 0 aliphatic rings. The molecule has 2 aromatic carbocycles. The van der Waals surface area contributed by atoms with Crippen LogP contribution < -0.4 is 5.32 Å². The third-order valence-corrected chi connectivity index (χ3v) is 5.67. The van der Waals surface area contributed by atoms with Crippen molar-refractivity contribution >= 4 is 23.6 Å². The Morgan fingerprint density at radius 1 is 1.07 bits per heavy atom. The number of benzene rings is 2. The Labute approximate surface area is 183 Å². The zero-order chi connectivity index (χ0) is 22.3. The standard InChI is InChI=1S/C24H31FN2O2S/c1-17-10-6-7-12-20(17)15-30-16-22(28)27(14-19-11-8-9-13-21(19)25)18(2)23(29)26-24(3,4)5/h6-13,18H,14-16H2,1-5H3,(H,26,29). The highest BCUT2D eigenvalue weighted by atomic mass is 32.2. The molecule has 0 heterocycles. The summed E-state index contributed by atoms with van der Waals surface area (Å²) in [5.74, 6) is 0.0977. The number of amides is 2. The zero-order valence-corrected chi connectivity index (χ0v) is 19.2. The molecule has 1 unspecified atom stereocenters. The summed E-state index contributed by atoms with van der Waals surface area (Å²) in [6, 6.07) is 13.7. The summed E-state index contributed by atoms with van der Waals surface area (Å²) >= 11 is 1.50. The summed E-state index contributed by atoms with van der Waals surface area (Å²) in [7, 11) is 0. The van der Waals surface area contributed by atoms with Gasteiger partial charge in [-0.1, -0.05) is 42.5 Å². The average molecular weight is 431 g/mol. The smallest absolute Gasteiger partial charge is 0.242 e. The molecule has 0 bridgehead atoms. The number of thioether (sulfide) groups is 1. The number of hydrogen-bond acceptors (Lipinski definition) is 3. The van der Waals surface area contributed by atoms with Gasteiger partial charge >= 0.3 is 0 Å². The number of rotatable bonds is 8. The second-order valence-corrected chi connectivity index (χ2v) is 9.43. The third kappa shape index (κ3) is 7.17. The van der Waals surface area contributed by atoms with Gasteiger partial charge < -0.3 is 10.2 Å². The van der Waals surface area contributed by atoms with Crippen LogP contribution in [0.25, 0.3) is 0 Å². The molecular formula is C24H31FN2O2S. The van der Waals surface area contributed by atoms with Gasteiger partial charge in [0.1, 0.15) is 11.9 Å². The van der Waals surface area contributed by atoms with Gasteiger partial charge in [-0.3, -0.25) is 9.59 Å². The van der Waals surface area contributed by atoms with Crippen LogP contribution >= 0.6 is 11.8 Å². The van der Waals surface area contributed by atoms with Gasteiger partial charge in [0.2, 0.25) is 11.8 Å². The minimum absolute atomic E-state index is 0.0508. The van der Waals surface area contributed by atoms with Crippen LogP contribution in [0.15, 0.2) is 48.5 Å². The van der Waals surface area contributed by atoms with Gasteiger partial charge in [-0.25, -0.2) is 4.39 Å². The van der Waals surface area contributed by atoms with Crippen LogP contribution in [0, 0.1) is 12.7 Å². The van der Waals surface area contributed by atoms with Gasteiger partial charge in [-0.2, -0.15) is 0 Å². The molecule has 0 spiro atoms. The van der Waals surface area contributed by atoms with Crippen LogP contribution in [-0.4, -0.2) is 34.0 Å². The fourth-order valence-electron chi connectivity index (χ4n) is 2.97. The summed E-state index contributed by atoms with van der Waals surface area (Å²) in [6.07, 6.45) is 0. The second kappa shape index (κ2) is 10.6. The van der Waals surface area contributed by atoms with Crippen LogP contribution in [0.5, 0.6) is 0 Å². The Hall–Kier alpha value is -2.34. The van der Waals surface area contributed by atoms with Gasteiger partial charge in [0, 0.05) is 23.4 Å². The molecule has 1 atom stereocenters. The van der Waals surface area contributed by atoms with Crippen LogP contribution in [0.1, 0.15) is 44.4 Å². The van der Waals surface area contributed by atoms with E-state index >= 15 is 0 Å². The van der Waals surface area contributed by atoms with Crippen LogP contribution in [0.3, 0.4) is 0 Å². The molecule has 0 aliphatic heterocycles. The first kappa shape index (κ1) is 23.9. The van der Waals surface area contributed by atoms with Gasteiger partial charge in [0.05, 0.1) is 5.75 Å². The Bertz CT molecular complexity index is 880. The van der Waals surface area contributed by atoms with E-state index in [-0.39, 0.29) is 29.9 Å². The van der Waals surface area contributed by atoms with Crippen molar-refractivity contribution in [2.45, 2.75) is 58.5 Å². The summed E-state index contributed by atoms with van der Waals surface area (Å²) in [5.41, 5.74) is 2.33. The molecule has 0 aliphatic carbocycles. The summed E-state index contributed by atoms with van der Waals surface area (Å²) < 4.78 is 14.2. The molecule has 0 fully saturated rings. The predicted molar refractivity (Wildman–Crippen MR) is 122 cm³/mol. The molecule has 0 saturated heterocycles. The first-order chi connectivity index (χ1) is 14.1. The summed E-state index contributed by atoms with van der Waals surface area (Å²) in [5, 5.41) is 2.91. The summed E-state index contributed by atoms with van der Waals surface area (Å²) in [4.78, 5) is 27.2. The number of carbonyl (C=O) groups is 2. The van der Waals surface area contributed by atoms with Crippen molar-refractivity contribution in [2.75, 3.05) is 5.75 Å². The van der Waals surface area contributed by atoms with Crippen LogP contribution in [-0.2, 0) is 21.9 Å². The maximum absolute atomic E-state index is 14.2. The Morgan fingerprint density at radius 2 is 1.67 bits per heavy atom. The fraction of sp³-hybridized carbons (Fsp3) is 0.417. The lowest BCUT2D eigenvalue weighted by molar-refractivity contribution is -0.139. The lowest BCUT2D eigenvalue weighted by Gasteiger charge is -2.31. The minimum atomic E-state index is -0.713. The van der Waals surface area contributed by atoms with E-state index < -0.39 is 11.6 Å². The van der Waals surface area contributed by atoms with Crippen molar-refractivity contribution in [3.63, 3.8) is 0 Å². The van der Waals surface area contributed by atoms with E-state index in [2.05, 4.69) is 5.32 Å². The predicted octanol–water partition coefficient (Wildman–Crippen LogP) is 4.70. The monoisotopic (exact) mass is 430 g/mol. The number of halogens is 1. The maximum atomic E-state index is 14.2. The highest BCUT2D eigenvalue weighted by Gasteiger charge is 2.28. The van der Waals surface area contributed by atoms with Crippen LogP contribution in [0.4, 0.5) is 4.39 Å². The lowest BCUT2D eigenvalue weighted by Crippen LogP contribution is -2.52. The molecule has 162 valence electrons. The van der Waals surface area contributed by atoms with E-state index in [1.807, 2.05) is 52.0 Å². The number of carbonyl (C=O) groups excluding carboxylic acids is 2. The largest absolute Gasteiger partial charge is 0.350 e. The number of nitrogens with zero attached hydrogens (tertiary/aromatic N) is 1. The van der Waals surface area contributed by atoms with E-state index in [0.29, 0.717) is 11.3 Å². The average Bonchev–Trinajstić information content (AvgIpc) is 2.67. The summed E-state index contributed by atoms with van der Waals surface area (Å²) in [6.45, 7) is 9.44. The van der Waals surface area contributed by atoms with Gasteiger partial charge in [0.15, 0.2) is 0 Å². The van der Waals surface area contributed by atoms with E-state index in [0.717, 1.165) is 0 Å². The van der Waals surface area contributed by atoms with E-state index in [9.17, 15) is 14.0 Å². The fourth-order valence-corrected chi connectivity index (χ4v) is 3.96. The molecule has 2 aromatic rings. The van der Waals surface area contributed by atoms with Crippen molar-refractivity contribution in [2.24, 2.45) is 0 Å². The molecule has 1 N–H and O–H groups in total. The molecule has 6 heteroatoms. The molecular weight excluding hydrogens is 399 g/mol. The maximum Gasteiger partial charge on any atom is 0.242 e. The van der Waals surface area contributed by atoms with Gasteiger partial charge in [-0.05, 0) is 51.8 Å². The highest BCUT2D eigenvalue weighted by Crippen LogP contribution is 2.19. The molecule has 4 nitrogen and oxygen atoms in total. The third-order valence-electron chi connectivity index (χ3n) is 4.71. The first-order valence-electron chi connectivity index (χ1n) is 10.1. The Kier molecular flexibility index (Phi) is 8.47. The molecule has 0 saturated carbocycles. The van der Waals surface area contributed by atoms with Crippen molar-refractivity contribution in [3.8, 4) is 0 Å². The topological polar surface area (TPSA) is 49.4 Å². The normalized spacial score (nSPS) is 12.3. The molecule has 0 aromatic heterocycles. The van der Waals surface area contributed by atoms with Crippen molar-refractivity contribution < 1.29 is 14.0 Å². The quantitative estimate of drug-likeness (QED) is 0.660. The molecule has 30 heavy (non-hydrogen) atoms. The van der Waals surface area contributed by atoms with Gasteiger partial charge in [0.25, 0.3) is 0 Å². The van der Waals surface area contributed by atoms with Crippen molar-refractivity contribution in [3.05, 3.63) is 71.0 Å². The minimum Gasteiger partial charge on any atom is -0.350 e. The number of aryl methyl sites for hydroxylation is 1. The SMILES string of the molecule is Cc1ccccc1CSCC(=O)N(Cc1ccccc1F)C(C)C(=O)NC(C)(C)C. The van der Waals surface area contributed by atoms with Gasteiger partial charge in [-0.15, -0.1) is 11.8 Å². The van der Waals surface area contributed by atoms with Crippen LogP contribution in [0.2, 0.25) is 0 Å². The number of hydrogen-bond donors (Lipinski definition) is 1. The first-order valence-corrected chi connectivity index (χ1v) is 11.2. The molecule has 2 amide bonds. The van der Waals surface area contributed by atoms with Crippen molar-refractivity contribution in [1.29, 1.82) is 0 Å². The Balaban J connectivity index is 2.13. The number of nitrogens with one attached hydrogen (secondary N) is 1. The second-order valence-electron chi connectivity index (χ2n) is 8.45. The molecule has 2 rings (SSSR count). The van der Waals surface area contributed by atoms with Crippen molar-refractivity contribution in [1.82, 2.24) is 10.2 Å². The van der Waals surface area contributed by atoms with E-state index in [4.69, 9.17) is 0 Å². The molecule has 0 radical (unpaired) electrons. The van der Waals surface area contributed by atoms with E-state index in [1.54, 1.807) is 25.1 Å². The zero-order valence-electron chi connectivity index (χ0n) is 18.4. The Morgan fingerprint density at radius 3 is 2.27 bits per heavy atom. The lowest BCUT2D eigenvalue weighted by atomic mass is 10.1. The highest BCUT2D eigenvalue weighted by molar-refractivity contribution is 7.99.